The van der Waals surface area contributed by atoms with E-state index in [1.54, 1.807) is 0 Å². The summed E-state index contributed by atoms with van der Waals surface area (Å²) in [5, 5.41) is 14.3. The summed E-state index contributed by atoms with van der Waals surface area (Å²) in [5.74, 6) is -1.35. The topological polar surface area (TPSA) is 118 Å². The van der Waals surface area contributed by atoms with Crippen molar-refractivity contribution < 1.29 is 28.6 Å². The van der Waals surface area contributed by atoms with Gasteiger partial charge in [0.05, 0.1) is 6.54 Å². The number of carbonyl (C=O) groups is 3. The van der Waals surface area contributed by atoms with E-state index >= 15 is 0 Å². The van der Waals surface area contributed by atoms with Gasteiger partial charge in [-0.1, -0.05) is 55.5 Å². The number of carboxylic acid groups (broad SMARTS) is 1. The van der Waals surface area contributed by atoms with Crippen molar-refractivity contribution in [2.45, 2.75) is 38.3 Å². The van der Waals surface area contributed by atoms with Crippen LogP contribution >= 0.6 is 0 Å². The zero-order chi connectivity index (χ0) is 24.1. The van der Waals surface area contributed by atoms with Crippen molar-refractivity contribution in [1.29, 1.82) is 0 Å². The molecular weight excluding hydrogens is 436 g/mol. The fraction of sp³-hybridized carbons (Fsp3) is 0.269. The molecule has 8 nitrogen and oxygen atoms in total. The summed E-state index contributed by atoms with van der Waals surface area (Å²) in [6.07, 6.45) is 0.0352. The molecule has 3 aromatic rings. The largest absolute Gasteiger partial charge is 0.475 e. The molecule has 0 saturated carbocycles. The first-order chi connectivity index (χ1) is 16.5. The second-order valence-corrected chi connectivity index (χ2v) is 8.13. The molecule has 2 amide bonds. The number of fused-ring (bicyclic) bond motifs is 3. The van der Waals surface area contributed by atoms with E-state index in [-0.39, 0.29) is 37.2 Å². The van der Waals surface area contributed by atoms with Crippen molar-refractivity contribution in [3.63, 3.8) is 0 Å². The number of hydrogen-bond acceptors (Lipinski definition) is 5. The maximum absolute atomic E-state index is 12.5. The maximum atomic E-state index is 12.5. The third-order valence-corrected chi connectivity index (χ3v) is 5.92. The lowest BCUT2D eigenvalue weighted by molar-refractivity contribution is -0.121. The summed E-state index contributed by atoms with van der Waals surface area (Å²) in [7, 11) is 0. The van der Waals surface area contributed by atoms with Crippen molar-refractivity contribution in [3.05, 3.63) is 83.3 Å². The molecule has 1 aromatic heterocycles. The van der Waals surface area contributed by atoms with E-state index in [1.807, 2.05) is 31.2 Å². The highest BCUT2D eigenvalue weighted by Gasteiger charge is 2.29. The normalized spacial score (nSPS) is 13.0. The molecule has 2 aromatic carbocycles. The summed E-state index contributed by atoms with van der Waals surface area (Å²) in [6.45, 7) is 2.13. The van der Waals surface area contributed by atoms with Crippen LogP contribution < -0.4 is 10.6 Å². The molecule has 1 heterocycles. The molecule has 3 N–H and O–H groups in total. The second kappa shape index (κ2) is 10.2. The maximum Gasteiger partial charge on any atom is 0.407 e. The third-order valence-electron chi connectivity index (χ3n) is 5.92. The molecule has 0 spiro atoms. The minimum Gasteiger partial charge on any atom is -0.475 e. The van der Waals surface area contributed by atoms with Crippen molar-refractivity contribution in [3.8, 4) is 11.1 Å². The number of carboxylic acids is 1. The number of ether oxygens (including phenoxy) is 1. The average Bonchev–Trinajstić information content (AvgIpc) is 3.44. The number of alkyl carbamates (subject to hydrolysis) is 1. The third kappa shape index (κ3) is 5.11. The number of benzene rings is 2. The Morgan fingerprint density at radius 2 is 1.65 bits per heavy atom. The fourth-order valence-electron chi connectivity index (χ4n) is 4.17. The quantitative estimate of drug-likeness (QED) is 0.436. The highest BCUT2D eigenvalue weighted by molar-refractivity contribution is 5.84. The Balaban J connectivity index is 1.28. The number of aromatic carboxylic acids is 1. The number of amides is 2. The van der Waals surface area contributed by atoms with Gasteiger partial charge in [-0.2, -0.15) is 0 Å². The summed E-state index contributed by atoms with van der Waals surface area (Å²) >= 11 is 0. The highest BCUT2D eigenvalue weighted by atomic mass is 16.5. The van der Waals surface area contributed by atoms with Crippen LogP contribution in [0, 0.1) is 0 Å². The van der Waals surface area contributed by atoms with E-state index in [4.69, 9.17) is 14.3 Å². The van der Waals surface area contributed by atoms with E-state index in [2.05, 4.69) is 34.9 Å². The molecule has 0 radical (unpaired) electrons. The number of nitrogens with one attached hydrogen (secondary N) is 2. The first kappa shape index (κ1) is 23.1. The van der Waals surface area contributed by atoms with Crippen LogP contribution in [0.3, 0.4) is 0 Å². The van der Waals surface area contributed by atoms with Crippen LogP contribution in [0.4, 0.5) is 4.79 Å². The van der Waals surface area contributed by atoms with Gasteiger partial charge in [0.25, 0.3) is 0 Å². The van der Waals surface area contributed by atoms with Crippen LogP contribution in [-0.2, 0) is 16.1 Å². The molecule has 1 aliphatic carbocycles. The van der Waals surface area contributed by atoms with Gasteiger partial charge in [0.15, 0.2) is 0 Å². The monoisotopic (exact) mass is 462 g/mol. The van der Waals surface area contributed by atoms with E-state index in [0.717, 1.165) is 22.3 Å². The predicted octanol–water partition coefficient (Wildman–Crippen LogP) is 4.30. The van der Waals surface area contributed by atoms with Gasteiger partial charge >= 0.3 is 12.1 Å². The Hall–Kier alpha value is -4.07. The Labute approximate surface area is 196 Å². The average molecular weight is 463 g/mol. The van der Waals surface area contributed by atoms with E-state index < -0.39 is 18.1 Å². The number of rotatable bonds is 9. The molecule has 8 heteroatoms. The van der Waals surface area contributed by atoms with Crippen LogP contribution in [0.2, 0.25) is 0 Å². The van der Waals surface area contributed by atoms with Gasteiger partial charge in [0.2, 0.25) is 11.7 Å². The van der Waals surface area contributed by atoms with Crippen LogP contribution in [0.5, 0.6) is 0 Å². The van der Waals surface area contributed by atoms with Crippen molar-refractivity contribution in [1.82, 2.24) is 10.6 Å². The molecular formula is C26H26N2O6. The standard InChI is InChI=1S/C26H26N2O6/c1-2-16(13-24(29)27-14-17-11-12-23(34-17)25(30)31)28-26(32)33-15-22-20-9-5-3-7-18(20)19-8-4-6-10-21(19)22/h3-12,16,22H,2,13-15H2,1H3,(H,27,29)(H,28,32)(H,30,31). The van der Waals surface area contributed by atoms with Gasteiger partial charge < -0.3 is 24.9 Å². The first-order valence-electron chi connectivity index (χ1n) is 11.2. The van der Waals surface area contributed by atoms with Gasteiger partial charge in [0.1, 0.15) is 12.4 Å². The van der Waals surface area contributed by atoms with Gasteiger partial charge in [-0.05, 0) is 40.8 Å². The zero-order valence-corrected chi connectivity index (χ0v) is 18.7. The molecule has 1 aliphatic rings. The van der Waals surface area contributed by atoms with Gasteiger partial charge in [-0.15, -0.1) is 0 Å². The highest BCUT2D eigenvalue weighted by Crippen LogP contribution is 2.44. The minimum atomic E-state index is -1.17. The molecule has 0 fully saturated rings. The van der Waals surface area contributed by atoms with Crippen molar-refractivity contribution in [2.24, 2.45) is 0 Å². The predicted molar refractivity (Wildman–Crippen MR) is 124 cm³/mol. The summed E-state index contributed by atoms with van der Waals surface area (Å²) in [6, 6.07) is 18.6. The minimum absolute atomic E-state index is 0.0366. The Morgan fingerprint density at radius 1 is 1.00 bits per heavy atom. The van der Waals surface area contributed by atoms with Crippen LogP contribution in [0.15, 0.2) is 65.1 Å². The fourth-order valence-corrected chi connectivity index (χ4v) is 4.17. The second-order valence-electron chi connectivity index (χ2n) is 8.13. The Bertz CT molecular complexity index is 1160. The molecule has 34 heavy (non-hydrogen) atoms. The van der Waals surface area contributed by atoms with Crippen LogP contribution in [0.1, 0.15) is 53.1 Å². The zero-order valence-electron chi connectivity index (χ0n) is 18.7. The molecule has 0 saturated heterocycles. The van der Waals surface area contributed by atoms with Gasteiger partial charge in [-0.25, -0.2) is 9.59 Å². The molecule has 0 aliphatic heterocycles. The number of carbonyl (C=O) groups excluding carboxylic acids is 2. The lowest BCUT2D eigenvalue weighted by Crippen LogP contribution is -2.39. The van der Waals surface area contributed by atoms with Crippen molar-refractivity contribution >= 4 is 18.0 Å². The molecule has 1 unspecified atom stereocenters. The number of hydrogen-bond donors (Lipinski definition) is 3. The first-order valence-corrected chi connectivity index (χ1v) is 11.2. The molecule has 1 atom stereocenters. The van der Waals surface area contributed by atoms with E-state index in [1.165, 1.54) is 12.1 Å². The number of furan rings is 1. The summed E-state index contributed by atoms with van der Waals surface area (Å²) in [5.41, 5.74) is 4.57. The van der Waals surface area contributed by atoms with Crippen LogP contribution in [-0.4, -0.2) is 35.7 Å². The summed E-state index contributed by atoms with van der Waals surface area (Å²) in [4.78, 5) is 35.6. The van der Waals surface area contributed by atoms with E-state index in [9.17, 15) is 14.4 Å². The molecule has 0 bridgehead atoms. The Kier molecular flexibility index (Phi) is 6.96. The summed E-state index contributed by atoms with van der Waals surface area (Å²) < 4.78 is 10.7. The smallest absolute Gasteiger partial charge is 0.407 e. The van der Waals surface area contributed by atoms with E-state index in [0.29, 0.717) is 12.2 Å². The van der Waals surface area contributed by atoms with Crippen molar-refractivity contribution in [2.75, 3.05) is 6.61 Å². The lowest BCUT2D eigenvalue weighted by Gasteiger charge is -2.18. The van der Waals surface area contributed by atoms with Gasteiger partial charge in [0, 0.05) is 18.4 Å². The van der Waals surface area contributed by atoms with Gasteiger partial charge in [-0.3, -0.25) is 4.79 Å². The SMILES string of the molecule is CCC(CC(=O)NCc1ccc(C(=O)O)o1)NC(=O)OCC1c2ccccc2-c2ccccc21. The van der Waals surface area contributed by atoms with Crippen LogP contribution in [0.25, 0.3) is 11.1 Å². The molecule has 4 rings (SSSR count). The molecule has 176 valence electrons. The lowest BCUT2D eigenvalue weighted by atomic mass is 9.98. The Morgan fingerprint density at radius 3 is 2.24 bits per heavy atom.